The van der Waals surface area contributed by atoms with Gasteiger partial charge in [0, 0.05) is 18.3 Å². The number of pyridine rings is 2. The monoisotopic (exact) mass is 551 g/mol. The number of urea groups is 1. The summed E-state index contributed by atoms with van der Waals surface area (Å²) in [7, 11) is 0. The van der Waals surface area contributed by atoms with Crippen molar-refractivity contribution in [2.24, 2.45) is 0 Å². The van der Waals surface area contributed by atoms with Crippen molar-refractivity contribution in [2.75, 3.05) is 23.4 Å². The SMILES string of the molecule is CCCC(CC)N(C(=O)Nc1cc(OCC(=O)C2CO2)ccn1)c1nc(C(=O)N[C@H](C)C(F)(F)F)ccc1C. The van der Waals surface area contributed by atoms with E-state index in [2.05, 4.69) is 15.3 Å². The zero-order valence-electron chi connectivity index (χ0n) is 22.2. The van der Waals surface area contributed by atoms with Crippen molar-refractivity contribution in [3.05, 3.63) is 41.7 Å². The van der Waals surface area contributed by atoms with Crippen molar-refractivity contribution in [2.45, 2.75) is 71.3 Å². The Kier molecular flexibility index (Phi) is 9.84. The molecule has 0 aromatic carbocycles. The molecule has 2 aromatic rings. The van der Waals surface area contributed by atoms with Crippen LogP contribution in [0.2, 0.25) is 0 Å². The minimum Gasteiger partial charge on any atom is -0.486 e. The molecule has 10 nitrogen and oxygen atoms in total. The molecule has 212 valence electrons. The molecule has 39 heavy (non-hydrogen) atoms. The number of alkyl halides is 3. The summed E-state index contributed by atoms with van der Waals surface area (Å²) in [5.41, 5.74) is 0.291. The lowest BCUT2D eigenvalue weighted by Gasteiger charge is -2.31. The van der Waals surface area contributed by atoms with Crippen LogP contribution in [0.1, 0.15) is 56.1 Å². The van der Waals surface area contributed by atoms with E-state index in [0.717, 1.165) is 13.3 Å². The molecule has 0 saturated carbocycles. The van der Waals surface area contributed by atoms with Crippen LogP contribution in [0.25, 0.3) is 0 Å². The minimum absolute atomic E-state index is 0.141. The van der Waals surface area contributed by atoms with Gasteiger partial charge < -0.3 is 14.8 Å². The lowest BCUT2D eigenvalue weighted by molar-refractivity contribution is -0.149. The highest BCUT2D eigenvalue weighted by Gasteiger charge is 2.37. The number of hydrogen-bond acceptors (Lipinski definition) is 7. The predicted molar refractivity (Wildman–Crippen MR) is 137 cm³/mol. The number of anilines is 2. The zero-order valence-corrected chi connectivity index (χ0v) is 22.2. The van der Waals surface area contributed by atoms with Crippen molar-refractivity contribution in [3.8, 4) is 5.75 Å². The van der Waals surface area contributed by atoms with Gasteiger partial charge in [-0.05, 0) is 44.4 Å². The number of hydrogen-bond donors (Lipinski definition) is 2. The Balaban J connectivity index is 1.85. The first-order valence-corrected chi connectivity index (χ1v) is 12.6. The summed E-state index contributed by atoms with van der Waals surface area (Å²) in [5.74, 6) is -0.600. The molecular weight excluding hydrogens is 519 g/mol. The largest absolute Gasteiger partial charge is 0.486 e. The van der Waals surface area contributed by atoms with Gasteiger partial charge in [0.15, 0.2) is 0 Å². The average molecular weight is 552 g/mol. The third-order valence-corrected chi connectivity index (χ3v) is 6.09. The highest BCUT2D eigenvalue weighted by molar-refractivity contribution is 6.02. The third-order valence-electron chi connectivity index (χ3n) is 6.09. The second-order valence-electron chi connectivity index (χ2n) is 9.18. The summed E-state index contributed by atoms with van der Waals surface area (Å²) < 4.78 is 49.3. The first-order valence-electron chi connectivity index (χ1n) is 12.6. The highest BCUT2D eigenvalue weighted by atomic mass is 19.4. The lowest BCUT2D eigenvalue weighted by Crippen LogP contribution is -2.45. The predicted octanol–water partition coefficient (Wildman–Crippen LogP) is 4.43. The molecule has 0 aliphatic carbocycles. The van der Waals surface area contributed by atoms with Crippen molar-refractivity contribution in [1.29, 1.82) is 0 Å². The van der Waals surface area contributed by atoms with E-state index in [9.17, 15) is 27.6 Å². The maximum Gasteiger partial charge on any atom is 0.408 e. The number of Topliss-reactive ketones (excluding diaryl/α,β-unsaturated/α-hetero) is 1. The van der Waals surface area contributed by atoms with Gasteiger partial charge in [-0.15, -0.1) is 0 Å². The van der Waals surface area contributed by atoms with Crippen LogP contribution in [-0.4, -0.2) is 65.3 Å². The van der Waals surface area contributed by atoms with Gasteiger partial charge in [0.05, 0.1) is 6.61 Å². The molecule has 3 rings (SSSR count). The number of rotatable bonds is 12. The summed E-state index contributed by atoms with van der Waals surface area (Å²) in [4.78, 5) is 47.8. The van der Waals surface area contributed by atoms with E-state index >= 15 is 0 Å². The Morgan fingerprint density at radius 3 is 2.56 bits per heavy atom. The number of nitrogens with zero attached hydrogens (tertiary/aromatic N) is 3. The quantitative estimate of drug-likeness (QED) is 0.374. The van der Waals surface area contributed by atoms with Crippen LogP contribution in [-0.2, 0) is 9.53 Å². The average Bonchev–Trinajstić information content (AvgIpc) is 3.73. The standard InChI is InChI=1S/C26H32F3N5O5/c1-5-7-17(6-2)34(23-15(3)8-9-19(32-23)24(36)31-16(4)26(27,28)29)25(37)33-22-12-18(10-11-30-22)38-13-20(35)21-14-39-21/h8-12,16-17,21H,5-7,13-14H2,1-4H3,(H,31,36)(H,30,33,37)/t16-,17?,21?/m1/s1. The third kappa shape index (κ3) is 8.12. The maximum atomic E-state index is 13.6. The van der Waals surface area contributed by atoms with E-state index in [1.807, 2.05) is 19.2 Å². The van der Waals surface area contributed by atoms with E-state index in [1.165, 1.54) is 35.4 Å². The van der Waals surface area contributed by atoms with Crippen LogP contribution >= 0.6 is 0 Å². The number of aryl methyl sites for hydroxylation is 1. The fourth-order valence-electron chi connectivity index (χ4n) is 3.75. The second-order valence-corrected chi connectivity index (χ2v) is 9.18. The molecule has 1 fully saturated rings. The van der Waals surface area contributed by atoms with E-state index < -0.39 is 30.3 Å². The second kappa shape index (κ2) is 12.9. The number of nitrogens with one attached hydrogen (secondary N) is 2. The minimum atomic E-state index is -4.62. The van der Waals surface area contributed by atoms with E-state index in [-0.39, 0.29) is 35.8 Å². The molecule has 3 heterocycles. The van der Waals surface area contributed by atoms with Crippen molar-refractivity contribution in [1.82, 2.24) is 15.3 Å². The first-order chi connectivity index (χ1) is 18.4. The molecule has 13 heteroatoms. The van der Waals surface area contributed by atoms with Gasteiger partial charge in [-0.25, -0.2) is 14.8 Å². The topological polar surface area (TPSA) is 126 Å². The van der Waals surface area contributed by atoms with Crippen LogP contribution in [0.3, 0.4) is 0 Å². The van der Waals surface area contributed by atoms with Gasteiger partial charge >= 0.3 is 12.2 Å². The van der Waals surface area contributed by atoms with E-state index in [4.69, 9.17) is 9.47 Å². The number of carbonyl (C=O) groups is 3. The van der Waals surface area contributed by atoms with Crippen LogP contribution < -0.4 is 20.3 Å². The Hall–Kier alpha value is -3.74. The first kappa shape index (κ1) is 29.8. The number of amides is 3. The van der Waals surface area contributed by atoms with E-state index in [1.54, 1.807) is 6.92 Å². The van der Waals surface area contributed by atoms with Crippen molar-refractivity contribution < 1.29 is 37.0 Å². The lowest BCUT2D eigenvalue weighted by atomic mass is 10.1. The van der Waals surface area contributed by atoms with Gasteiger partial charge in [0.1, 0.15) is 41.8 Å². The number of aromatic nitrogens is 2. The number of carbonyl (C=O) groups excluding carboxylic acids is 3. The summed E-state index contributed by atoms with van der Waals surface area (Å²) in [6.45, 7) is 6.57. The smallest absolute Gasteiger partial charge is 0.408 e. The summed E-state index contributed by atoms with van der Waals surface area (Å²) in [6.07, 6.45) is -1.75. The van der Waals surface area contributed by atoms with Crippen LogP contribution in [0.4, 0.5) is 29.6 Å². The summed E-state index contributed by atoms with van der Waals surface area (Å²) >= 11 is 0. The molecule has 0 bridgehead atoms. The molecule has 0 spiro atoms. The number of halogens is 3. The molecule has 2 aromatic heterocycles. The number of ketones is 1. The Morgan fingerprint density at radius 1 is 1.23 bits per heavy atom. The Morgan fingerprint density at radius 2 is 1.95 bits per heavy atom. The number of ether oxygens (including phenoxy) is 2. The van der Waals surface area contributed by atoms with Gasteiger partial charge in [-0.3, -0.25) is 19.8 Å². The molecule has 2 unspecified atom stereocenters. The molecule has 3 amide bonds. The maximum absolute atomic E-state index is 13.6. The fourth-order valence-corrected chi connectivity index (χ4v) is 3.75. The molecule has 3 atom stereocenters. The van der Waals surface area contributed by atoms with E-state index in [0.29, 0.717) is 30.8 Å². The van der Waals surface area contributed by atoms with Crippen LogP contribution in [0, 0.1) is 6.92 Å². The number of epoxide rings is 1. The Bertz CT molecular complexity index is 1190. The van der Waals surface area contributed by atoms with Crippen LogP contribution in [0.15, 0.2) is 30.5 Å². The highest BCUT2D eigenvalue weighted by Crippen LogP contribution is 2.26. The van der Waals surface area contributed by atoms with Crippen molar-refractivity contribution >= 4 is 29.4 Å². The Labute approximate surface area is 224 Å². The van der Waals surface area contributed by atoms with Crippen molar-refractivity contribution in [3.63, 3.8) is 0 Å². The summed E-state index contributed by atoms with van der Waals surface area (Å²) in [5, 5.41) is 4.60. The zero-order chi connectivity index (χ0) is 28.7. The molecule has 1 aliphatic heterocycles. The molecular formula is C26H32F3N5O5. The molecule has 2 N–H and O–H groups in total. The summed E-state index contributed by atoms with van der Waals surface area (Å²) in [6, 6.07) is 2.83. The molecule has 0 radical (unpaired) electrons. The van der Waals surface area contributed by atoms with Gasteiger partial charge in [0.25, 0.3) is 5.91 Å². The molecule has 1 aliphatic rings. The van der Waals surface area contributed by atoms with Gasteiger partial charge in [-0.1, -0.05) is 26.3 Å². The normalized spacial score (nSPS) is 16.1. The molecule has 1 saturated heterocycles. The van der Waals surface area contributed by atoms with Crippen LogP contribution in [0.5, 0.6) is 5.75 Å². The van der Waals surface area contributed by atoms with Gasteiger partial charge in [-0.2, -0.15) is 13.2 Å². The fraction of sp³-hybridized carbons (Fsp3) is 0.500. The van der Waals surface area contributed by atoms with Gasteiger partial charge in [0.2, 0.25) is 5.78 Å².